The normalized spacial score (nSPS) is 12.3. The molecule has 0 radical (unpaired) electrons. The lowest BCUT2D eigenvalue weighted by atomic mass is 10.2. The highest BCUT2D eigenvalue weighted by Crippen LogP contribution is 2.13. The molecule has 2 aromatic rings. The van der Waals surface area contributed by atoms with Crippen molar-refractivity contribution in [3.63, 3.8) is 0 Å². The van der Waals surface area contributed by atoms with Gasteiger partial charge in [-0.05, 0) is 42.3 Å². The molecule has 0 unspecified atom stereocenters. The number of nitrogens with one attached hydrogen (secondary N) is 2. The Labute approximate surface area is 181 Å². The predicted octanol–water partition coefficient (Wildman–Crippen LogP) is 2.35. The number of sulfone groups is 1. The van der Waals surface area contributed by atoms with E-state index in [9.17, 15) is 13.2 Å². The minimum atomic E-state index is -3.18. The molecule has 0 bridgehead atoms. The van der Waals surface area contributed by atoms with E-state index in [0.717, 1.165) is 11.8 Å². The van der Waals surface area contributed by atoms with E-state index in [2.05, 4.69) is 5.32 Å². The quantitative estimate of drug-likeness (QED) is 0.291. The van der Waals surface area contributed by atoms with Crippen molar-refractivity contribution in [3.05, 3.63) is 71.8 Å². The van der Waals surface area contributed by atoms with E-state index < -0.39 is 15.9 Å². The highest BCUT2D eigenvalue weighted by atomic mass is 32.2. The van der Waals surface area contributed by atoms with Crippen LogP contribution in [0.3, 0.4) is 0 Å². The summed E-state index contributed by atoms with van der Waals surface area (Å²) < 4.78 is 28.8. The Morgan fingerprint density at radius 1 is 1.17 bits per heavy atom. The number of ether oxygens (including phenoxy) is 1. The van der Waals surface area contributed by atoms with Crippen LogP contribution in [0.1, 0.15) is 17.5 Å². The minimum Gasteiger partial charge on any atom is -0.491 e. The second kappa shape index (κ2) is 11.4. The number of carbonyl (C=O) groups is 1. The van der Waals surface area contributed by atoms with Crippen molar-refractivity contribution >= 4 is 39.0 Å². The summed E-state index contributed by atoms with van der Waals surface area (Å²) >= 11 is 4.94. The Balaban J connectivity index is 1.98. The Kier molecular flexibility index (Phi) is 8.97. The average Bonchev–Trinajstić information content (AvgIpc) is 2.74. The van der Waals surface area contributed by atoms with Crippen molar-refractivity contribution < 1.29 is 23.2 Å². The van der Waals surface area contributed by atoms with Gasteiger partial charge in [0.2, 0.25) is 5.91 Å². The van der Waals surface area contributed by atoms with E-state index >= 15 is 0 Å². The van der Waals surface area contributed by atoms with Gasteiger partial charge in [0.15, 0.2) is 0 Å². The van der Waals surface area contributed by atoms with E-state index in [0.29, 0.717) is 11.3 Å². The number of carbonyl (C=O) groups excluding carboxylic acids is 1. The van der Waals surface area contributed by atoms with E-state index in [4.69, 9.17) is 22.2 Å². The van der Waals surface area contributed by atoms with Crippen LogP contribution in [-0.2, 0) is 14.6 Å². The zero-order chi connectivity index (χ0) is 22.0. The summed E-state index contributed by atoms with van der Waals surface area (Å²) in [5.41, 5.74) is 3.41. The molecule has 0 saturated carbocycles. The van der Waals surface area contributed by atoms with Gasteiger partial charge in [0.1, 0.15) is 27.2 Å². The third kappa shape index (κ3) is 8.73. The van der Waals surface area contributed by atoms with Crippen molar-refractivity contribution in [3.8, 4) is 5.75 Å². The number of thiocarbonyl (C=S) groups is 1. The molecule has 0 heterocycles. The summed E-state index contributed by atoms with van der Waals surface area (Å²) in [5.74, 6) is 0.118. The van der Waals surface area contributed by atoms with Crippen LogP contribution >= 0.6 is 12.2 Å². The predicted molar refractivity (Wildman–Crippen MR) is 120 cm³/mol. The van der Waals surface area contributed by atoms with Crippen LogP contribution in [0.2, 0.25) is 0 Å². The Morgan fingerprint density at radius 2 is 1.83 bits per heavy atom. The molecule has 0 aliphatic heterocycles. The van der Waals surface area contributed by atoms with Crippen LogP contribution in [0.15, 0.2) is 60.7 Å². The summed E-state index contributed by atoms with van der Waals surface area (Å²) in [5, 5.41) is 11.6. The van der Waals surface area contributed by atoms with Crippen LogP contribution in [0, 0.1) is 0 Å². The third-order valence-electron chi connectivity index (χ3n) is 4.08. The molecule has 0 aliphatic carbocycles. The molecule has 2 aromatic carbocycles. The molecule has 7 nitrogen and oxygen atoms in total. The highest BCUT2D eigenvalue weighted by Gasteiger charge is 2.15. The van der Waals surface area contributed by atoms with Gasteiger partial charge in [-0.15, -0.1) is 0 Å². The molecule has 2 rings (SSSR count). The van der Waals surface area contributed by atoms with Crippen molar-refractivity contribution in [2.75, 3.05) is 18.6 Å². The van der Waals surface area contributed by atoms with Gasteiger partial charge < -0.3 is 10.1 Å². The van der Waals surface area contributed by atoms with Gasteiger partial charge in [-0.3, -0.25) is 15.5 Å². The van der Waals surface area contributed by atoms with Crippen LogP contribution in [-0.4, -0.2) is 49.2 Å². The number of benzene rings is 2. The molecular formula is C21H24N2O5S2. The first-order valence-corrected chi connectivity index (χ1v) is 11.6. The lowest BCUT2D eigenvalue weighted by Crippen LogP contribution is -2.39. The van der Waals surface area contributed by atoms with Crippen molar-refractivity contribution in [2.45, 2.75) is 12.5 Å². The molecular weight excluding hydrogens is 424 g/mol. The van der Waals surface area contributed by atoms with E-state index in [-0.39, 0.29) is 29.7 Å². The lowest BCUT2D eigenvalue weighted by molar-refractivity contribution is -0.117. The Bertz CT molecular complexity index is 974. The van der Waals surface area contributed by atoms with Crippen molar-refractivity contribution in [1.29, 1.82) is 0 Å². The number of hydrogen-bond donors (Lipinski definition) is 3. The minimum absolute atomic E-state index is 0.0704. The van der Waals surface area contributed by atoms with Crippen LogP contribution < -0.4 is 15.5 Å². The Morgan fingerprint density at radius 3 is 2.43 bits per heavy atom. The van der Waals surface area contributed by atoms with Crippen molar-refractivity contribution in [1.82, 2.24) is 10.8 Å². The fraction of sp³-hybridized carbons (Fsp3) is 0.238. The summed E-state index contributed by atoms with van der Waals surface area (Å²) in [4.78, 5) is 12.5. The van der Waals surface area contributed by atoms with Gasteiger partial charge in [-0.25, -0.2) is 8.42 Å². The largest absolute Gasteiger partial charge is 0.491 e. The molecule has 1 atom stereocenters. The third-order valence-corrected chi connectivity index (χ3v) is 5.38. The van der Waals surface area contributed by atoms with Crippen molar-refractivity contribution in [2.24, 2.45) is 0 Å². The monoisotopic (exact) mass is 448 g/mol. The average molecular weight is 449 g/mol. The standard InChI is InChI=1S/C21H24N2O5S2/c1-30(26,27)14-13-18(22-20(24)12-7-16-5-3-2-4-6-16)15-28-19-10-8-17(9-11-19)21(29)23-25/h2-12,18,25H,13-15H2,1H3,(H,22,24)(H,23,29)/b12-7+/t18-/m0/s1. The zero-order valence-corrected chi connectivity index (χ0v) is 18.1. The molecule has 0 spiro atoms. The lowest BCUT2D eigenvalue weighted by Gasteiger charge is -2.18. The molecule has 0 aliphatic rings. The molecule has 160 valence electrons. The smallest absolute Gasteiger partial charge is 0.244 e. The maximum absolute atomic E-state index is 12.3. The summed E-state index contributed by atoms with van der Waals surface area (Å²) in [6, 6.07) is 15.6. The topological polar surface area (TPSA) is 105 Å². The molecule has 0 fully saturated rings. The van der Waals surface area contributed by atoms with Gasteiger partial charge >= 0.3 is 0 Å². The summed E-state index contributed by atoms with van der Waals surface area (Å²) in [6.07, 6.45) is 4.46. The maximum Gasteiger partial charge on any atom is 0.244 e. The molecule has 30 heavy (non-hydrogen) atoms. The van der Waals surface area contributed by atoms with E-state index in [1.807, 2.05) is 35.8 Å². The van der Waals surface area contributed by atoms with Crippen LogP contribution in [0.5, 0.6) is 5.75 Å². The second-order valence-corrected chi connectivity index (χ2v) is 9.31. The second-order valence-electron chi connectivity index (χ2n) is 6.64. The first-order chi connectivity index (χ1) is 14.3. The first kappa shape index (κ1) is 23.5. The van der Waals surface area contributed by atoms with Crippen LogP contribution in [0.4, 0.5) is 0 Å². The van der Waals surface area contributed by atoms with Gasteiger partial charge in [-0.1, -0.05) is 42.5 Å². The molecule has 9 heteroatoms. The molecule has 3 N–H and O–H groups in total. The maximum atomic E-state index is 12.3. The SMILES string of the molecule is CS(=O)(=O)CC[C@@H](COc1ccc(C(=S)NO)cc1)NC(=O)/C=C/c1ccccc1. The number of hydroxylamine groups is 1. The van der Waals surface area contributed by atoms with Gasteiger partial charge in [-0.2, -0.15) is 0 Å². The first-order valence-electron chi connectivity index (χ1n) is 9.15. The summed E-state index contributed by atoms with van der Waals surface area (Å²) in [6.45, 7) is 0.0997. The fourth-order valence-corrected chi connectivity index (χ4v) is 3.35. The fourth-order valence-electron chi connectivity index (χ4n) is 2.50. The van der Waals surface area contributed by atoms with Gasteiger partial charge in [0.25, 0.3) is 0 Å². The van der Waals surface area contributed by atoms with Gasteiger partial charge in [0.05, 0.1) is 11.8 Å². The highest BCUT2D eigenvalue weighted by molar-refractivity contribution is 7.90. The van der Waals surface area contributed by atoms with E-state index in [1.54, 1.807) is 30.3 Å². The number of amides is 1. The molecule has 0 saturated heterocycles. The number of hydrogen-bond acceptors (Lipinski definition) is 6. The van der Waals surface area contributed by atoms with E-state index in [1.165, 1.54) is 6.08 Å². The zero-order valence-electron chi connectivity index (χ0n) is 16.4. The summed E-state index contributed by atoms with van der Waals surface area (Å²) in [7, 11) is -3.18. The Hall–Kier alpha value is -2.75. The molecule has 1 amide bonds. The number of rotatable bonds is 10. The van der Waals surface area contributed by atoms with Gasteiger partial charge in [0, 0.05) is 17.9 Å². The molecule has 0 aromatic heterocycles. The van der Waals surface area contributed by atoms with Crippen LogP contribution in [0.25, 0.3) is 6.08 Å².